The Morgan fingerprint density at radius 3 is 1.52 bits per heavy atom. The third kappa shape index (κ3) is 10.6. The Hall–Kier alpha value is -3.89. The van der Waals surface area contributed by atoms with Crippen LogP contribution in [-0.2, 0) is 59.6 Å². The van der Waals surface area contributed by atoms with Crippen molar-refractivity contribution in [2.45, 2.75) is 89.4 Å². The number of rotatable bonds is 15. The smallest absolute Gasteiger partial charge is 0.311 e. The summed E-state index contributed by atoms with van der Waals surface area (Å²) in [4.78, 5) is 13.3. The minimum atomic E-state index is -2.13. The van der Waals surface area contributed by atoms with Crippen molar-refractivity contribution in [2.75, 3.05) is 6.61 Å². The Morgan fingerprint density at radius 1 is 0.646 bits per heavy atom. The van der Waals surface area contributed by atoms with Crippen LogP contribution >= 0.6 is 0 Å². The molecule has 0 bridgehead atoms. The van der Waals surface area contributed by atoms with Gasteiger partial charge in [0.15, 0.2) is 0 Å². The lowest BCUT2D eigenvalue weighted by atomic mass is 9.89. The molecule has 4 aromatic carbocycles. The Kier molecular flexibility index (Phi) is 12.5. The summed E-state index contributed by atoms with van der Waals surface area (Å²) in [6.45, 7) is 6.31. The average Bonchev–Trinajstić information content (AvgIpc) is 3.07. The fourth-order valence-corrected chi connectivity index (χ4v) is 5.66. The van der Waals surface area contributed by atoms with E-state index >= 15 is 0 Å². The van der Waals surface area contributed by atoms with Crippen molar-refractivity contribution >= 4 is 5.97 Å². The summed E-state index contributed by atoms with van der Waals surface area (Å²) in [6.07, 6.45) is -4.08. The molecule has 1 N–H and O–H groups in total. The van der Waals surface area contributed by atoms with Crippen molar-refractivity contribution < 1.29 is 38.3 Å². The highest BCUT2D eigenvalue weighted by atomic mass is 16.7. The minimum absolute atomic E-state index is 0.0571. The van der Waals surface area contributed by atoms with E-state index in [9.17, 15) is 9.90 Å². The van der Waals surface area contributed by atoms with Gasteiger partial charge in [0, 0.05) is 0 Å². The average molecular weight is 655 g/mol. The SMILES string of the molecule is CC(C)(C)OC(=O)CC1(O)O[C@H](COCc2ccccc2)[C@@H](OCc2ccccc2)[C@H](OCc2ccccc2)[C@H]1OCc1ccccc1. The Balaban J connectivity index is 1.49. The molecule has 0 amide bonds. The highest BCUT2D eigenvalue weighted by molar-refractivity contribution is 5.71. The van der Waals surface area contributed by atoms with Gasteiger partial charge in [0.1, 0.15) is 36.4 Å². The molecule has 0 radical (unpaired) electrons. The van der Waals surface area contributed by atoms with Crippen LogP contribution in [0, 0.1) is 0 Å². The molecule has 0 saturated carbocycles. The van der Waals surface area contributed by atoms with E-state index < -0.39 is 48.2 Å². The molecule has 1 saturated heterocycles. The molecule has 4 aromatic rings. The van der Waals surface area contributed by atoms with Gasteiger partial charge in [-0.25, -0.2) is 0 Å². The standard InChI is InChI=1S/C40H46O8/c1-39(2,3)48-35(41)24-40(42)38(46-28-33-22-14-7-15-23-33)37(45-27-32-20-12-6-13-21-32)36(44-26-31-18-10-5-11-19-31)34(47-40)29-43-25-30-16-8-4-9-17-30/h4-23,34,36-38,42H,24-29H2,1-3H3/t34-,36-,37+,38-,40?/m1/s1. The molecule has 1 unspecified atom stereocenters. The van der Waals surface area contributed by atoms with Crippen molar-refractivity contribution in [3.8, 4) is 0 Å². The molecule has 1 heterocycles. The Morgan fingerprint density at radius 2 is 1.06 bits per heavy atom. The summed E-state index contributed by atoms with van der Waals surface area (Å²) in [6, 6.07) is 39.0. The molecule has 5 atom stereocenters. The number of esters is 1. The first-order chi connectivity index (χ1) is 23.2. The van der Waals surface area contributed by atoms with Gasteiger partial charge in [0.05, 0.1) is 33.0 Å². The molecule has 254 valence electrons. The maximum Gasteiger partial charge on any atom is 0.311 e. The quantitative estimate of drug-likeness (QED) is 0.140. The van der Waals surface area contributed by atoms with Gasteiger partial charge in [0.2, 0.25) is 5.79 Å². The van der Waals surface area contributed by atoms with Gasteiger partial charge < -0.3 is 33.5 Å². The van der Waals surface area contributed by atoms with Crippen LogP contribution in [0.25, 0.3) is 0 Å². The topological polar surface area (TPSA) is 92.7 Å². The van der Waals surface area contributed by atoms with E-state index in [0.29, 0.717) is 6.61 Å². The first kappa shape index (κ1) is 35.4. The third-order valence-corrected chi connectivity index (χ3v) is 7.84. The van der Waals surface area contributed by atoms with E-state index in [-0.39, 0.29) is 26.4 Å². The second kappa shape index (κ2) is 17.0. The summed E-state index contributed by atoms with van der Waals surface area (Å²) < 4.78 is 38.0. The first-order valence-corrected chi connectivity index (χ1v) is 16.4. The summed E-state index contributed by atoms with van der Waals surface area (Å²) in [5.74, 6) is -2.76. The molecule has 1 fully saturated rings. The van der Waals surface area contributed by atoms with Crippen molar-refractivity contribution in [2.24, 2.45) is 0 Å². The van der Waals surface area contributed by atoms with Gasteiger partial charge in [-0.1, -0.05) is 121 Å². The Labute approximate surface area is 283 Å². The van der Waals surface area contributed by atoms with Crippen LogP contribution in [0.3, 0.4) is 0 Å². The van der Waals surface area contributed by atoms with Crippen molar-refractivity contribution in [1.82, 2.24) is 0 Å². The largest absolute Gasteiger partial charge is 0.460 e. The van der Waals surface area contributed by atoms with Crippen LogP contribution in [0.15, 0.2) is 121 Å². The van der Waals surface area contributed by atoms with Crippen LogP contribution in [0.1, 0.15) is 49.4 Å². The number of carbonyl (C=O) groups excluding carboxylic acids is 1. The third-order valence-electron chi connectivity index (χ3n) is 7.84. The maximum atomic E-state index is 13.3. The number of benzene rings is 4. The number of ether oxygens (including phenoxy) is 6. The number of hydrogen-bond acceptors (Lipinski definition) is 8. The zero-order chi connectivity index (χ0) is 33.8. The van der Waals surface area contributed by atoms with Gasteiger partial charge in [0.25, 0.3) is 0 Å². The summed E-state index contributed by atoms with van der Waals surface area (Å²) in [7, 11) is 0. The fourth-order valence-electron chi connectivity index (χ4n) is 5.66. The van der Waals surface area contributed by atoms with Crippen molar-refractivity contribution in [3.63, 3.8) is 0 Å². The summed E-state index contributed by atoms with van der Waals surface area (Å²) in [5, 5.41) is 12.4. The lowest BCUT2D eigenvalue weighted by molar-refractivity contribution is -0.370. The van der Waals surface area contributed by atoms with E-state index in [1.165, 1.54) is 0 Å². The first-order valence-electron chi connectivity index (χ1n) is 16.4. The highest BCUT2D eigenvalue weighted by Crippen LogP contribution is 2.38. The molecule has 0 aromatic heterocycles. The van der Waals surface area contributed by atoms with Gasteiger partial charge in [-0.3, -0.25) is 4.79 Å². The molecule has 8 heteroatoms. The molecule has 1 aliphatic rings. The maximum absolute atomic E-state index is 13.3. The minimum Gasteiger partial charge on any atom is -0.460 e. The van der Waals surface area contributed by atoms with Gasteiger partial charge in [-0.05, 0) is 43.0 Å². The van der Waals surface area contributed by atoms with Crippen LogP contribution in [0.5, 0.6) is 0 Å². The highest BCUT2D eigenvalue weighted by Gasteiger charge is 2.57. The van der Waals surface area contributed by atoms with Crippen LogP contribution < -0.4 is 0 Å². The molecular weight excluding hydrogens is 608 g/mol. The number of aliphatic hydroxyl groups is 1. The molecule has 48 heavy (non-hydrogen) atoms. The molecule has 5 rings (SSSR count). The molecule has 0 spiro atoms. The van der Waals surface area contributed by atoms with Crippen molar-refractivity contribution in [1.29, 1.82) is 0 Å². The van der Waals surface area contributed by atoms with E-state index in [1.54, 1.807) is 20.8 Å². The second-order valence-corrected chi connectivity index (χ2v) is 13.0. The van der Waals surface area contributed by atoms with Gasteiger partial charge >= 0.3 is 5.97 Å². The van der Waals surface area contributed by atoms with Crippen LogP contribution in [-0.4, -0.2) is 53.5 Å². The zero-order valence-electron chi connectivity index (χ0n) is 27.9. The second-order valence-electron chi connectivity index (χ2n) is 13.0. The monoisotopic (exact) mass is 654 g/mol. The van der Waals surface area contributed by atoms with E-state index in [1.807, 2.05) is 121 Å². The molecule has 8 nitrogen and oxygen atoms in total. The zero-order valence-corrected chi connectivity index (χ0v) is 27.9. The van der Waals surface area contributed by atoms with Gasteiger partial charge in [-0.2, -0.15) is 0 Å². The number of carbonyl (C=O) groups is 1. The predicted octanol–water partition coefficient (Wildman–Crippen LogP) is 6.78. The number of hydrogen-bond donors (Lipinski definition) is 1. The van der Waals surface area contributed by atoms with Crippen LogP contribution in [0.2, 0.25) is 0 Å². The van der Waals surface area contributed by atoms with Crippen molar-refractivity contribution in [3.05, 3.63) is 144 Å². The van der Waals surface area contributed by atoms with E-state index in [0.717, 1.165) is 22.3 Å². The van der Waals surface area contributed by atoms with Gasteiger partial charge in [-0.15, -0.1) is 0 Å². The fraction of sp³-hybridized carbons (Fsp3) is 0.375. The molecule has 0 aliphatic carbocycles. The van der Waals surface area contributed by atoms with E-state index in [2.05, 4.69) is 0 Å². The summed E-state index contributed by atoms with van der Waals surface area (Å²) >= 11 is 0. The van der Waals surface area contributed by atoms with Crippen LogP contribution in [0.4, 0.5) is 0 Å². The lowest BCUT2D eigenvalue weighted by Crippen LogP contribution is -2.67. The molecule has 1 aliphatic heterocycles. The Bertz CT molecular complexity index is 1510. The summed E-state index contributed by atoms with van der Waals surface area (Å²) in [5.41, 5.74) is 2.99. The molecular formula is C40H46O8. The normalized spacial score (nSPS) is 22.7. The van der Waals surface area contributed by atoms with E-state index in [4.69, 9.17) is 28.4 Å². The predicted molar refractivity (Wildman–Crippen MR) is 181 cm³/mol. The lowest BCUT2D eigenvalue weighted by Gasteiger charge is -2.50.